The number of rotatable bonds is 64. The maximum Gasteiger partial charge on any atom is 0.326 e. The highest BCUT2D eigenvalue weighted by molar-refractivity contribution is 6.01. The third-order valence-corrected chi connectivity index (χ3v) is 19.2. The van der Waals surface area contributed by atoms with Crippen LogP contribution in [-0.4, -0.2) is 295 Å². The minimum Gasteiger partial charge on any atom is -0.480 e. The molecule has 0 aliphatic rings. The summed E-state index contributed by atoms with van der Waals surface area (Å²) in [4.78, 5) is 267. The van der Waals surface area contributed by atoms with Gasteiger partial charge in [0.2, 0.25) is 106 Å². The number of benzene rings is 2. The van der Waals surface area contributed by atoms with E-state index in [-0.39, 0.29) is 128 Å². The molecule has 0 saturated heterocycles. The number of aliphatic hydroxyl groups excluding tert-OH is 2. The SMILES string of the molecule is C[C@H](NC(=O)CNC(=O)[C@@H](NC(=O)[C@H](Cc1ccccc1)NC(=O)CNC(=O)CNC(=O)[C@@H](N)Cc1ccccc1)[C@@H](C)O)C(=O)N[C@@H](CCCN=C(N)N)C(=O)N[C@@H](CCCCN)C(=O)N[C@@H](CO)C(=O)N[C@@H](C)C(=O)N[C@@H](CCCN=C(N)N)C(=O)N[C@@H](CCCCN)C(=O)N[C@@H](CCCN=C(N)N)C(=O)N[C@@H](C)C(=O)N[C@@H](CC(N)=O)C(=O)N[C@@H](CCC(N)=O)C(=O)O. The van der Waals surface area contributed by atoms with E-state index in [2.05, 4.69) is 100 Å². The number of aliphatic imine (C=N–C) groups is 3. The number of amides is 18. The van der Waals surface area contributed by atoms with Crippen LogP contribution in [0.15, 0.2) is 75.6 Å². The number of carboxylic acids is 1. The van der Waals surface area contributed by atoms with Gasteiger partial charge in [-0.25, -0.2) is 4.79 Å². The molecule has 0 saturated carbocycles. The van der Waals surface area contributed by atoms with Crippen molar-refractivity contribution in [2.45, 2.75) is 228 Å². The molecule has 15 atom stereocenters. The second kappa shape index (κ2) is 61.4. The van der Waals surface area contributed by atoms with Gasteiger partial charge >= 0.3 is 5.97 Å². The summed E-state index contributed by atoms with van der Waals surface area (Å²) in [6.07, 6.45) is -3.48. The van der Waals surface area contributed by atoms with Crippen molar-refractivity contribution in [2.75, 3.05) is 59.0 Å². The number of nitrogens with two attached hydrogens (primary N) is 11. The largest absolute Gasteiger partial charge is 0.480 e. The Labute approximate surface area is 755 Å². The van der Waals surface area contributed by atoms with Gasteiger partial charge in [-0.3, -0.25) is 101 Å². The number of carbonyl (C=O) groups excluding carboxylic acids is 18. The van der Waals surface area contributed by atoms with E-state index in [4.69, 9.17) is 63.1 Å². The lowest BCUT2D eigenvalue weighted by molar-refractivity contribution is -0.143. The van der Waals surface area contributed by atoms with Crippen molar-refractivity contribution in [2.24, 2.45) is 78.0 Å². The molecular weight excluding hydrogens is 1720 g/mol. The van der Waals surface area contributed by atoms with Crippen molar-refractivity contribution < 1.29 is 106 Å². The van der Waals surface area contributed by atoms with E-state index >= 15 is 0 Å². The van der Waals surface area contributed by atoms with Crippen LogP contribution in [-0.2, 0) is 104 Å². The van der Waals surface area contributed by atoms with Gasteiger partial charge in [0.15, 0.2) is 17.9 Å². The number of nitrogens with zero attached hydrogens (tertiary/aromatic N) is 3. The molecule has 2 aromatic carbocycles. The summed E-state index contributed by atoms with van der Waals surface area (Å²) in [5.41, 5.74) is 62.5. The zero-order valence-corrected chi connectivity index (χ0v) is 73.6. The van der Waals surface area contributed by atoms with Crippen LogP contribution in [0, 0.1) is 0 Å². The third-order valence-electron chi connectivity index (χ3n) is 19.2. The summed E-state index contributed by atoms with van der Waals surface area (Å²) < 4.78 is 0. The molecular formula is C79H130N30O22. The summed E-state index contributed by atoms with van der Waals surface area (Å²) in [5.74, 6) is -20.6. The number of hydrogen-bond acceptors (Lipinski definition) is 27. The normalized spacial score (nSPS) is 14.3. The lowest BCUT2D eigenvalue weighted by atomic mass is 10.0. The first-order chi connectivity index (χ1) is 61.9. The van der Waals surface area contributed by atoms with Gasteiger partial charge in [-0.2, -0.15) is 0 Å². The number of unbranched alkanes of at least 4 members (excludes halogenated alkanes) is 2. The van der Waals surface area contributed by atoms with Gasteiger partial charge in [0.05, 0.1) is 44.8 Å². The van der Waals surface area contributed by atoms with Gasteiger partial charge in [0.1, 0.15) is 78.5 Å². The number of guanidine groups is 3. The molecule has 728 valence electrons. The lowest BCUT2D eigenvalue weighted by Crippen LogP contribution is -2.60. The Kier molecular flexibility index (Phi) is 53.0. The molecule has 131 heavy (non-hydrogen) atoms. The molecule has 0 aliphatic carbocycles. The molecule has 0 spiro atoms. The predicted molar refractivity (Wildman–Crippen MR) is 474 cm³/mol. The quantitative estimate of drug-likeness (QED) is 0.0166. The first kappa shape index (κ1) is 113. The van der Waals surface area contributed by atoms with Crippen molar-refractivity contribution in [3.8, 4) is 0 Å². The third kappa shape index (κ3) is 47.0. The van der Waals surface area contributed by atoms with E-state index in [9.17, 15) is 106 Å². The number of hydrogen-bond donors (Lipinski definition) is 30. The van der Waals surface area contributed by atoms with Crippen LogP contribution in [0.4, 0.5) is 0 Å². The van der Waals surface area contributed by atoms with Crippen LogP contribution < -0.4 is 148 Å². The Hall–Kier alpha value is -14.0. The van der Waals surface area contributed by atoms with Gasteiger partial charge < -0.3 is 163 Å². The fourth-order valence-electron chi connectivity index (χ4n) is 12.1. The first-order valence-electron chi connectivity index (χ1n) is 42.1. The van der Waals surface area contributed by atoms with Crippen LogP contribution >= 0.6 is 0 Å². The number of primary amides is 2. The molecule has 52 nitrogen and oxygen atoms in total. The molecule has 0 bridgehead atoms. The first-order valence-corrected chi connectivity index (χ1v) is 42.1. The number of aliphatic hydroxyl groups is 2. The van der Waals surface area contributed by atoms with E-state index in [1.54, 1.807) is 60.7 Å². The maximum absolute atomic E-state index is 14.5. The van der Waals surface area contributed by atoms with Gasteiger partial charge in [0, 0.05) is 32.5 Å². The molecule has 0 unspecified atom stereocenters. The van der Waals surface area contributed by atoms with Crippen molar-refractivity contribution in [3.05, 3.63) is 71.8 Å². The Bertz CT molecular complexity index is 4230. The second-order valence-corrected chi connectivity index (χ2v) is 30.4. The lowest BCUT2D eigenvalue weighted by Gasteiger charge is -2.27. The van der Waals surface area contributed by atoms with Gasteiger partial charge in [-0.15, -0.1) is 0 Å². The molecule has 0 aliphatic heterocycles. The fraction of sp³-hybridized carbons (Fsp3) is 0.570. The number of carbonyl (C=O) groups is 19. The van der Waals surface area contributed by atoms with E-state index in [1.165, 1.54) is 6.92 Å². The smallest absolute Gasteiger partial charge is 0.326 e. The zero-order chi connectivity index (χ0) is 98.4. The van der Waals surface area contributed by atoms with Crippen LogP contribution in [0.25, 0.3) is 0 Å². The highest BCUT2D eigenvalue weighted by Crippen LogP contribution is 2.13. The van der Waals surface area contributed by atoms with Crippen molar-refractivity contribution in [1.82, 2.24) is 85.1 Å². The molecule has 52 heteroatoms. The Morgan fingerprint density at radius 1 is 0.336 bits per heavy atom. The standard InChI is InChI=1S/C79H130N30O22/c1-41(97-60(115)39-96-75(129)62(44(4)111)109-73(127)54(35-46-20-9-6-10-21-46)100-61(116)38-94-59(114)37-95-66(120)47(82)34-45-18-7-5-8-19-45)63(117)101-51(25-16-32-92-78(87)88)69(123)104-49(23-12-14-30-81)71(125)108-56(40-110)74(128)99-42(2)64(118)102-52(26-17-33-93-79(89)90)70(124)103-48(22-11-13-29-80)68(122)105-50(24-15-31-91-77(85)86)67(121)98-43(3)65(119)107-55(36-58(84)113)72(126)106-53(76(130)131)27-28-57(83)112/h5-10,18-21,41-44,47-56,62,110-111H,11-17,22-40,80-82H2,1-4H3,(H2,83,112)(H2,84,113)(H,94,114)(H,95,120)(H,96,129)(H,97,115)(H,98,121)(H,99,128)(H,100,116)(H,101,117)(H,102,118)(H,103,124)(H,104,123)(H,105,122)(H,106,126)(H,107,119)(H,108,125)(H,109,127)(H,130,131)(H4,85,86,91)(H4,87,88,92)(H4,89,90,93)/t41-,42-,43-,44+,47-,48-,49-,50-,51-,52-,53-,54-,55-,56-,62-/m0/s1. The summed E-state index contributed by atoms with van der Waals surface area (Å²) in [5, 5.41) is 69.1. The summed E-state index contributed by atoms with van der Waals surface area (Å²) in [6, 6.07) is -4.75. The average Bonchev–Trinajstić information content (AvgIpc) is 0.865. The zero-order valence-electron chi connectivity index (χ0n) is 73.6. The van der Waals surface area contributed by atoms with Gasteiger partial charge in [-0.1, -0.05) is 60.7 Å². The Morgan fingerprint density at radius 2 is 0.672 bits per heavy atom. The molecule has 2 aromatic rings. The topological polar surface area (TPSA) is 901 Å². The summed E-state index contributed by atoms with van der Waals surface area (Å²) in [6.45, 7) is 1.42. The van der Waals surface area contributed by atoms with Crippen LogP contribution in [0.5, 0.6) is 0 Å². The highest BCUT2D eigenvalue weighted by Gasteiger charge is 2.38. The molecule has 0 aromatic heterocycles. The summed E-state index contributed by atoms with van der Waals surface area (Å²) in [7, 11) is 0. The van der Waals surface area contributed by atoms with Gasteiger partial charge in [-0.05, 0) is 142 Å². The second-order valence-electron chi connectivity index (χ2n) is 30.4. The predicted octanol–water partition coefficient (Wildman–Crippen LogP) is -13.5. The van der Waals surface area contributed by atoms with E-state index < -0.39 is 248 Å². The minimum atomic E-state index is -1.86. The van der Waals surface area contributed by atoms with E-state index in [1.807, 2.05) is 0 Å². The van der Waals surface area contributed by atoms with Crippen LogP contribution in [0.1, 0.15) is 135 Å². The Morgan fingerprint density at radius 3 is 1.07 bits per heavy atom. The van der Waals surface area contributed by atoms with Crippen LogP contribution in [0.2, 0.25) is 0 Å². The van der Waals surface area contributed by atoms with Crippen LogP contribution in [0.3, 0.4) is 0 Å². The highest BCUT2D eigenvalue weighted by atomic mass is 16.4. The van der Waals surface area contributed by atoms with E-state index in [0.717, 1.165) is 26.3 Å². The van der Waals surface area contributed by atoms with Gasteiger partial charge in [0.25, 0.3) is 0 Å². The number of nitrogens with one attached hydrogen (secondary N) is 16. The molecule has 0 fully saturated rings. The number of carboxylic acid groups (broad SMARTS) is 1. The molecule has 0 radical (unpaired) electrons. The molecule has 18 amide bonds. The number of aliphatic carboxylic acids is 1. The van der Waals surface area contributed by atoms with Crippen molar-refractivity contribution >= 4 is 130 Å². The minimum absolute atomic E-state index is 0.00262. The van der Waals surface area contributed by atoms with Crippen molar-refractivity contribution in [3.63, 3.8) is 0 Å². The maximum atomic E-state index is 14.5. The molecule has 41 N–H and O–H groups in total. The molecule has 2 rings (SSSR count). The Balaban J connectivity index is 2.34. The van der Waals surface area contributed by atoms with E-state index in [0.29, 0.717) is 18.4 Å². The average molecular weight is 1850 g/mol. The fourth-order valence-corrected chi connectivity index (χ4v) is 12.1. The molecule has 0 heterocycles. The van der Waals surface area contributed by atoms with Crippen molar-refractivity contribution in [1.29, 1.82) is 0 Å². The monoisotopic (exact) mass is 1850 g/mol. The summed E-state index contributed by atoms with van der Waals surface area (Å²) >= 11 is 0.